The van der Waals surface area contributed by atoms with Gasteiger partial charge >= 0.3 is 0 Å². The number of hydrogen-bond donors (Lipinski definition) is 2. The highest BCUT2D eigenvalue weighted by Crippen LogP contribution is 2.21. The van der Waals surface area contributed by atoms with E-state index in [2.05, 4.69) is 5.32 Å². The van der Waals surface area contributed by atoms with E-state index in [0.717, 1.165) is 13.2 Å². The molecule has 1 aliphatic heterocycles. The zero-order valence-electron chi connectivity index (χ0n) is 11.3. The number of rotatable bonds is 1. The Balaban J connectivity index is 0.000000269. The molecule has 0 aliphatic carbocycles. The van der Waals surface area contributed by atoms with Crippen LogP contribution in [0.4, 0.5) is 10.1 Å². The Morgan fingerprint density at radius 1 is 1.22 bits per heavy atom. The van der Waals surface area contributed by atoms with Crippen molar-refractivity contribution in [1.82, 2.24) is 0 Å². The minimum atomic E-state index is -0.603. The van der Waals surface area contributed by atoms with Crippen LogP contribution < -0.4 is 5.32 Å². The van der Waals surface area contributed by atoms with E-state index in [-0.39, 0.29) is 11.3 Å². The van der Waals surface area contributed by atoms with Gasteiger partial charge in [-0.05, 0) is 45.7 Å². The van der Waals surface area contributed by atoms with E-state index in [4.69, 9.17) is 9.84 Å². The second kappa shape index (κ2) is 6.59. The molecule has 0 atom stereocenters. The molecule has 0 bridgehead atoms. The van der Waals surface area contributed by atoms with Crippen molar-refractivity contribution in [2.45, 2.75) is 39.2 Å². The molecule has 1 heterocycles. The van der Waals surface area contributed by atoms with Crippen molar-refractivity contribution in [3.05, 3.63) is 24.0 Å². The van der Waals surface area contributed by atoms with Crippen molar-refractivity contribution in [1.29, 1.82) is 0 Å². The third kappa shape index (κ3) is 5.87. The zero-order valence-corrected chi connectivity index (χ0v) is 11.3. The first kappa shape index (κ1) is 14.8. The first-order chi connectivity index (χ1) is 8.38. The molecule has 0 amide bonds. The maximum absolute atomic E-state index is 12.9. The minimum Gasteiger partial charge on any atom is -0.505 e. The van der Waals surface area contributed by atoms with Gasteiger partial charge in [-0.2, -0.15) is 0 Å². The van der Waals surface area contributed by atoms with Crippen LogP contribution in [0.1, 0.15) is 33.6 Å². The molecule has 1 fully saturated rings. The van der Waals surface area contributed by atoms with Gasteiger partial charge < -0.3 is 15.2 Å². The van der Waals surface area contributed by atoms with Gasteiger partial charge in [-0.25, -0.2) is 4.39 Å². The maximum Gasteiger partial charge on any atom is 0.166 e. The number of phenols is 1. The molecule has 0 saturated carbocycles. The fourth-order valence-electron chi connectivity index (χ4n) is 1.53. The number of hydrogen-bond acceptors (Lipinski definition) is 3. The van der Waals surface area contributed by atoms with Crippen LogP contribution >= 0.6 is 0 Å². The Morgan fingerprint density at radius 2 is 1.83 bits per heavy atom. The van der Waals surface area contributed by atoms with E-state index in [0.29, 0.717) is 5.69 Å². The highest BCUT2D eigenvalue weighted by Gasteiger charge is 2.10. The lowest BCUT2D eigenvalue weighted by atomic mass is 10.1. The average Bonchev–Trinajstić information content (AvgIpc) is 2.79. The van der Waals surface area contributed by atoms with E-state index in [1.807, 2.05) is 20.8 Å². The molecule has 18 heavy (non-hydrogen) atoms. The lowest BCUT2D eigenvalue weighted by Gasteiger charge is -2.22. The molecule has 1 aromatic rings. The van der Waals surface area contributed by atoms with E-state index >= 15 is 0 Å². The average molecular weight is 255 g/mol. The second-order valence-electron chi connectivity index (χ2n) is 5.36. The quantitative estimate of drug-likeness (QED) is 0.754. The summed E-state index contributed by atoms with van der Waals surface area (Å²) in [6.45, 7) is 7.95. The number of aromatic hydroxyl groups is 1. The van der Waals surface area contributed by atoms with Gasteiger partial charge in [-0.15, -0.1) is 0 Å². The highest BCUT2D eigenvalue weighted by atomic mass is 19.1. The fraction of sp³-hybridized carbons (Fsp3) is 0.571. The number of halogens is 1. The van der Waals surface area contributed by atoms with Crippen LogP contribution in [0.3, 0.4) is 0 Å². The van der Waals surface area contributed by atoms with Gasteiger partial charge in [0, 0.05) is 30.5 Å². The molecular weight excluding hydrogens is 233 g/mol. The summed E-state index contributed by atoms with van der Waals surface area (Å²) in [5.74, 6) is -0.922. The predicted molar refractivity (Wildman–Crippen MR) is 71.5 cm³/mol. The molecule has 0 aromatic heterocycles. The van der Waals surface area contributed by atoms with Crippen LogP contribution in [-0.2, 0) is 4.74 Å². The van der Waals surface area contributed by atoms with Crippen LogP contribution in [-0.4, -0.2) is 23.9 Å². The van der Waals surface area contributed by atoms with E-state index in [9.17, 15) is 4.39 Å². The highest BCUT2D eigenvalue weighted by molar-refractivity contribution is 5.48. The number of benzene rings is 1. The van der Waals surface area contributed by atoms with Crippen LogP contribution in [0.15, 0.2) is 18.2 Å². The lowest BCUT2D eigenvalue weighted by molar-refractivity contribution is 0.198. The molecule has 0 unspecified atom stereocenters. The molecule has 102 valence electrons. The van der Waals surface area contributed by atoms with Crippen LogP contribution in [0.25, 0.3) is 0 Å². The van der Waals surface area contributed by atoms with Gasteiger partial charge in [0.15, 0.2) is 11.6 Å². The van der Waals surface area contributed by atoms with Crippen LogP contribution in [0.5, 0.6) is 5.75 Å². The second-order valence-corrected chi connectivity index (χ2v) is 5.36. The van der Waals surface area contributed by atoms with Gasteiger partial charge in [0.05, 0.1) is 0 Å². The molecule has 2 rings (SSSR count). The molecule has 0 spiro atoms. The Hall–Kier alpha value is -1.29. The molecular formula is C14H22FNO2. The topological polar surface area (TPSA) is 41.5 Å². The zero-order chi connectivity index (χ0) is 13.6. The maximum atomic E-state index is 12.9. The molecule has 3 nitrogen and oxygen atoms in total. The number of anilines is 1. The van der Waals surface area contributed by atoms with Crippen molar-refractivity contribution in [2.75, 3.05) is 18.5 Å². The van der Waals surface area contributed by atoms with Crippen molar-refractivity contribution in [3.8, 4) is 5.75 Å². The largest absolute Gasteiger partial charge is 0.505 e. The molecule has 0 radical (unpaired) electrons. The van der Waals surface area contributed by atoms with Gasteiger partial charge in [-0.3, -0.25) is 0 Å². The molecule has 1 aromatic carbocycles. The SMILES string of the molecule is C1CCOC1.CC(C)(C)Nc1ccc(O)c(F)c1. The summed E-state index contributed by atoms with van der Waals surface area (Å²) in [5.41, 5.74) is 0.562. The summed E-state index contributed by atoms with van der Waals surface area (Å²) in [7, 11) is 0. The first-order valence-corrected chi connectivity index (χ1v) is 6.23. The van der Waals surface area contributed by atoms with Crippen molar-refractivity contribution in [3.63, 3.8) is 0 Å². The Morgan fingerprint density at radius 3 is 2.22 bits per heavy atom. The number of phenolic OH excluding ortho intramolecular Hbond substituents is 1. The van der Waals surface area contributed by atoms with E-state index < -0.39 is 5.82 Å². The van der Waals surface area contributed by atoms with Crippen molar-refractivity contribution < 1.29 is 14.2 Å². The Labute approximate surface area is 108 Å². The monoisotopic (exact) mass is 255 g/mol. The summed E-state index contributed by atoms with van der Waals surface area (Å²) < 4.78 is 17.8. The van der Waals surface area contributed by atoms with Crippen LogP contribution in [0.2, 0.25) is 0 Å². The molecule has 4 heteroatoms. The van der Waals surface area contributed by atoms with Gasteiger partial charge in [-0.1, -0.05) is 0 Å². The smallest absolute Gasteiger partial charge is 0.166 e. The van der Waals surface area contributed by atoms with Crippen molar-refractivity contribution >= 4 is 5.69 Å². The Kier molecular flexibility index (Phi) is 5.41. The minimum absolute atomic E-state index is 0.108. The summed E-state index contributed by atoms with van der Waals surface area (Å²) in [6, 6.07) is 4.26. The molecule has 1 saturated heterocycles. The van der Waals surface area contributed by atoms with E-state index in [1.54, 1.807) is 6.07 Å². The lowest BCUT2D eigenvalue weighted by Crippen LogP contribution is -2.25. The van der Waals surface area contributed by atoms with Crippen LogP contribution in [0, 0.1) is 5.82 Å². The molecule has 2 N–H and O–H groups in total. The standard InChI is InChI=1S/C10H14FNO.C4H8O/c1-10(2,3)12-7-4-5-9(13)8(11)6-7;1-2-4-5-3-1/h4-6,12-13H,1-3H3;1-4H2. The molecule has 1 aliphatic rings. The summed E-state index contributed by atoms with van der Waals surface area (Å²) in [4.78, 5) is 0. The predicted octanol–water partition coefficient (Wildman–Crippen LogP) is 3.54. The summed E-state index contributed by atoms with van der Waals surface area (Å²) in [5, 5.41) is 12.0. The summed E-state index contributed by atoms with van der Waals surface area (Å²) >= 11 is 0. The first-order valence-electron chi connectivity index (χ1n) is 6.23. The van der Waals surface area contributed by atoms with Gasteiger partial charge in [0.2, 0.25) is 0 Å². The summed E-state index contributed by atoms with van der Waals surface area (Å²) in [6.07, 6.45) is 2.56. The van der Waals surface area contributed by atoms with Gasteiger partial charge in [0.1, 0.15) is 0 Å². The van der Waals surface area contributed by atoms with E-state index in [1.165, 1.54) is 25.0 Å². The Bertz CT molecular complexity index is 363. The number of ether oxygens (including phenoxy) is 1. The fourth-order valence-corrected chi connectivity index (χ4v) is 1.53. The normalized spacial score (nSPS) is 14.9. The van der Waals surface area contributed by atoms with Crippen molar-refractivity contribution in [2.24, 2.45) is 0 Å². The third-order valence-corrected chi connectivity index (χ3v) is 2.29. The third-order valence-electron chi connectivity index (χ3n) is 2.29. The van der Waals surface area contributed by atoms with Gasteiger partial charge in [0.25, 0.3) is 0 Å². The number of nitrogens with one attached hydrogen (secondary N) is 1.